The first kappa shape index (κ1) is 31.6. The van der Waals surface area contributed by atoms with Gasteiger partial charge in [0, 0.05) is 75.0 Å². The number of piperidine rings is 2. The van der Waals surface area contributed by atoms with E-state index in [0.29, 0.717) is 56.6 Å². The summed E-state index contributed by atoms with van der Waals surface area (Å²) in [6.07, 6.45) is 3.22. The monoisotopic (exact) mass is 636 g/mol. The number of rotatable bonds is 6. The third kappa shape index (κ3) is 7.56. The maximum atomic E-state index is 13.9. The number of carbonyl (C=O) groups is 3. The van der Waals surface area contributed by atoms with Gasteiger partial charge >= 0.3 is 12.1 Å². The molecule has 3 saturated heterocycles. The Morgan fingerprint density at radius 3 is 2.38 bits per heavy atom. The number of aryl methyl sites for hydroxylation is 1. The summed E-state index contributed by atoms with van der Waals surface area (Å²) in [5, 5.41) is 7.10. The Hall–Kier alpha value is -3.34. The number of fused-ring (bicyclic) bond motifs is 1. The van der Waals surface area contributed by atoms with Crippen molar-refractivity contribution in [2.45, 2.75) is 63.6 Å². The molecule has 0 bridgehead atoms. The normalized spacial score (nSPS) is 21.1. The van der Waals surface area contributed by atoms with Crippen molar-refractivity contribution in [2.75, 3.05) is 64.2 Å². The van der Waals surface area contributed by atoms with Crippen LogP contribution in [-0.2, 0) is 22.4 Å². The number of halogens is 1. The molecule has 6 rings (SSSR count). The van der Waals surface area contributed by atoms with E-state index >= 15 is 0 Å². The minimum atomic E-state index is -0.936. The molecule has 4 heterocycles. The number of piperazine rings is 1. The second kappa shape index (κ2) is 14.4. The van der Waals surface area contributed by atoms with Crippen molar-refractivity contribution in [1.29, 1.82) is 0 Å². The molecule has 0 unspecified atom stereocenters. The van der Waals surface area contributed by atoms with E-state index in [4.69, 9.17) is 16.3 Å². The highest BCUT2D eigenvalue weighted by atomic mass is 35.5. The lowest BCUT2D eigenvalue weighted by molar-refractivity contribution is -0.143. The number of nitrogens with one attached hydrogen (secondary N) is 2. The minimum Gasteiger partial charge on any atom is -0.436 e. The second-order valence-electron chi connectivity index (χ2n) is 12.8. The molecule has 45 heavy (non-hydrogen) atoms. The first-order valence-electron chi connectivity index (χ1n) is 16.5. The Morgan fingerprint density at radius 1 is 0.911 bits per heavy atom. The molecule has 242 valence electrons. The smallest absolute Gasteiger partial charge is 0.410 e. The van der Waals surface area contributed by atoms with Gasteiger partial charge in [0.1, 0.15) is 0 Å². The number of hydrogen-bond donors (Lipinski definition) is 2. The molecule has 4 aliphatic heterocycles. The molecule has 0 radical (unpaired) electrons. The average Bonchev–Trinajstić information content (AvgIpc) is 3.24. The van der Waals surface area contributed by atoms with Gasteiger partial charge < -0.3 is 30.1 Å². The molecule has 0 aromatic heterocycles. The highest BCUT2D eigenvalue weighted by Crippen LogP contribution is 2.26. The molecule has 0 spiro atoms. The van der Waals surface area contributed by atoms with Crippen LogP contribution in [0.15, 0.2) is 42.5 Å². The summed E-state index contributed by atoms with van der Waals surface area (Å²) in [6, 6.07) is 14.1. The largest absolute Gasteiger partial charge is 0.436 e. The van der Waals surface area contributed by atoms with E-state index < -0.39 is 12.2 Å². The van der Waals surface area contributed by atoms with E-state index in [1.54, 1.807) is 4.90 Å². The third-order valence-corrected chi connectivity index (χ3v) is 10.3. The van der Waals surface area contributed by atoms with E-state index in [9.17, 15) is 14.4 Å². The average molecular weight is 637 g/mol. The van der Waals surface area contributed by atoms with Crippen LogP contribution in [-0.4, -0.2) is 115 Å². The van der Waals surface area contributed by atoms with Crippen LogP contribution >= 0.6 is 11.6 Å². The van der Waals surface area contributed by atoms with E-state index in [1.807, 2.05) is 59.2 Å². The molecule has 0 aliphatic carbocycles. The zero-order chi connectivity index (χ0) is 31.3. The fourth-order valence-electron chi connectivity index (χ4n) is 7.13. The number of ether oxygens (including phenoxy) is 1. The second-order valence-corrected chi connectivity index (χ2v) is 13.2. The van der Waals surface area contributed by atoms with Gasteiger partial charge in [-0.1, -0.05) is 41.9 Å². The van der Waals surface area contributed by atoms with Gasteiger partial charge in [0.15, 0.2) is 6.10 Å². The summed E-state index contributed by atoms with van der Waals surface area (Å²) < 4.78 is 6.02. The summed E-state index contributed by atoms with van der Waals surface area (Å²) in [6.45, 7) is 8.49. The van der Waals surface area contributed by atoms with Gasteiger partial charge in [-0.25, -0.2) is 9.59 Å². The quantitative estimate of drug-likeness (QED) is 0.495. The number of nitrogens with zero attached hydrogens (tertiary/aromatic N) is 4. The lowest BCUT2D eigenvalue weighted by atomic mass is 10.0. The Kier molecular flexibility index (Phi) is 10.1. The molecule has 1 atom stereocenters. The van der Waals surface area contributed by atoms with Crippen LogP contribution in [0.4, 0.5) is 15.3 Å². The topological polar surface area (TPSA) is 97.5 Å². The van der Waals surface area contributed by atoms with Gasteiger partial charge in [-0.05, 0) is 80.9 Å². The van der Waals surface area contributed by atoms with Crippen molar-refractivity contribution in [2.24, 2.45) is 0 Å². The molecule has 0 saturated carbocycles. The number of anilines is 1. The Bertz CT molecular complexity index is 1370. The standard InChI is InChI=1S/C34H45ClN6O4/c1-24-6-7-25(22-29(24)35)23-31(32(42)39-20-18-38(19-21-39)27-8-13-36-14-9-27)45-34(44)40-15-11-28(12-16-40)41-17-10-26-4-2-3-5-30(26)37-33(41)43/h2-7,22,27-28,31,36H,8-21,23H2,1H3,(H,37,43)/t31-/m1/s1. The Balaban J connectivity index is 1.07. The highest BCUT2D eigenvalue weighted by molar-refractivity contribution is 6.31. The van der Waals surface area contributed by atoms with Gasteiger partial charge in [-0.2, -0.15) is 0 Å². The van der Waals surface area contributed by atoms with Crippen molar-refractivity contribution >= 4 is 35.3 Å². The van der Waals surface area contributed by atoms with Crippen LogP contribution in [0, 0.1) is 6.92 Å². The Labute approximate surface area is 271 Å². The van der Waals surface area contributed by atoms with Gasteiger partial charge in [0.05, 0.1) is 0 Å². The van der Waals surface area contributed by atoms with Crippen molar-refractivity contribution in [3.8, 4) is 0 Å². The van der Waals surface area contributed by atoms with E-state index in [1.165, 1.54) is 0 Å². The predicted octanol–water partition coefficient (Wildman–Crippen LogP) is 4.15. The van der Waals surface area contributed by atoms with E-state index in [2.05, 4.69) is 15.5 Å². The highest BCUT2D eigenvalue weighted by Gasteiger charge is 2.36. The van der Waals surface area contributed by atoms with E-state index in [-0.39, 0.29) is 24.4 Å². The van der Waals surface area contributed by atoms with Crippen molar-refractivity contribution < 1.29 is 19.1 Å². The number of likely N-dealkylation sites (tertiary alicyclic amines) is 1. The van der Waals surface area contributed by atoms with Crippen LogP contribution in [0.1, 0.15) is 42.4 Å². The van der Waals surface area contributed by atoms with Crippen LogP contribution in [0.3, 0.4) is 0 Å². The summed E-state index contributed by atoms with van der Waals surface area (Å²) in [4.78, 5) is 48.4. The molecule has 2 N–H and O–H groups in total. The number of hydrogen-bond acceptors (Lipinski definition) is 6. The molecule has 4 amide bonds. The molecule has 11 heteroatoms. The maximum absolute atomic E-state index is 13.9. The number of carbonyl (C=O) groups excluding carboxylic acids is 3. The lowest BCUT2D eigenvalue weighted by Crippen LogP contribution is -2.56. The molecule has 2 aromatic rings. The molecule has 3 fully saturated rings. The van der Waals surface area contributed by atoms with Gasteiger partial charge in [-0.15, -0.1) is 0 Å². The SMILES string of the molecule is Cc1ccc(C[C@@H](OC(=O)N2CCC(N3CCc4ccccc4NC3=O)CC2)C(=O)N2CCN(C3CCNCC3)CC2)cc1Cl. The first-order valence-corrected chi connectivity index (χ1v) is 16.8. The minimum absolute atomic E-state index is 0.0340. The zero-order valence-corrected chi connectivity index (χ0v) is 26.9. The zero-order valence-electron chi connectivity index (χ0n) is 26.2. The first-order chi connectivity index (χ1) is 21.9. The number of para-hydroxylation sites is 1. The van der Waals surface area contributed by atoms with Crippen LogP contribution < -0.4 is 10.6 Å². The third-order valence-electron chi connectivity index (χ3n) is 9.93. The molecule has 10 nitrogen and oxygen atoms in total. The fraction of sp³-hybridized carbons (Fsp3) is 0.559. The van der Waals surface area contributed by atoms with Crippen LogP contribution in [0.2, 0.25) is 5.02 Å². The summed E-state index contributed by atoms with van der Waals surface area (Å²) in [5.41, 5.74) is 3.81. The van der Waals surface area contributed by atoms with Crippen molar-refractivity contribution in [1.82, 2.24) is 24.9 Å². The van der Waals surface area contributed by atoms with E-state index in [0.717, 1.165) is 67.8 Å². The van der Waals surface area contributed by atoms with Gasteiger partial charge in [0.25, 0.3) is 5.91 Å². The van der Waals surface area contributed by atoms with Crippen LogP contribution in [0.25, 0.3) is 0 Å². The predicted molar refractivity (Wildman–Crippen MR) is 175 cm³/mol. The van der Waals surface area contributed by atoms with Gasteiger partial charge in [0.2, 0.25) is 0 Å². The number of urea groups is 1. The molecule has 4 aliphatic rings. The number of amides is 4. The fourth-order valence-corrected chi connectivity index (χ4v) is 7.34. The van der Waals surface area contributed by atoms with Crippen molar-refractivity contribution in [3.05, 3.63) is 64.2 Å². The lowest BCUT2D eigenvalue weighted by Gasteiger charge is -2.41. The summed E-state index contributed by atoms with van der Waals surface area (Å²) >= 11 is 6.41. The summed E-state index contributed by atoms with van der Waals surface area (Å²) in [7, 11) is 0. The van der Waals surface area contributed by atoms with Gasteiger partial charge in [-0.3, -0.25) is 9.69 Å². The maximum Gasteiger partial charge on any atom is 0.410 e. The molecular weight excluding hydrogens is 592 g/mol. The van der Waals surface area contributed by atoms with Crippen LogP contribution in [0.5, 0.6) is 0 Å². The summed E-state index contributed by atoms with van der Waals surface area (Å²) in [5.74, 6) is -0.152. The molecular formula is C34H45ClN6O4. The molecule has 2 aromatic carbocycles. The van der Waals surface area contributed by atoms with Crippen molar-refractivity contribution in [3.63, 3.8) is 0 Å². The Morgan fingerprint density at radius 2 is 1.64 bits per heavy atom. The number of benzene rings is 2.